The van der Waals surface area contributed by atoms with Gasteiger partial charge in [-0.25, -0.2) is 0 Å². The first-order chi connectivity index (χ1) is 6.95. The largest absolute Gasteiger partial charge is 0.315 e. The minimum atomic E-state index is 0.766. The highest BCUT2D eigenvalue weighted by Crippen LogP contribution is 2.09. The van der Waals surface area contributed by atoms with Gasteiger partial charge in [-0.3, -0.25) is 0 Å². The van der Waals surface area contributed by atoms with Crippen LogP contribution < -0.4 is 10.6 Å². The molecular weight excluding hydrogens is 174 g/mol. The second-order valence-electron chi connectivity index (χ2n) is 4.55. The molecule has 14 heavy (non-hydrogen) atoms. The maximum Gasteiger partial charge on any atom is 0.0195 e. The second-order valence-corrected chi connectivity index (χ2v) is 4.55. The monoisotopic (exact) mass is 197 g/mol. The van der Waals surface area contributed by atoms with Crippen LogP contribution in [-0.4, -0.2) is 50.2 Å². The van der Waals surface area contributed by atoms with Gasteiger partial charge in [-0.1, -0.05) is 6.42 Å². The van der Waals surface area contributed by atoms with E-state index in [0.717, 1.165) is 6.04 Å². The number of hydrogen-bond acceptors (Lipinski definition) is 3. The summed E-state index contributed by atoms with van der Waals surface area (Å²) in [5.74, 6) is 0. The average molecular weight is 197 g/mol. The first-order valence-electron chi connectivity index (χ1n) is 6.11. The molecule has 1 atom stereocenters. The van der Waals surface area contributed by atoms with Crippen molar-refractivity contribution in [1.82, 2.24) is 15.5 Å². The molecule has 2 heterocycles. The molecule has 0 aliphatic carbocycles. The maximum absolute atomic E-state index is 3.62. The molecule has 0 bridgehead atoms. The average Bonchev–Trinajstić information content (AvgIpc) is 2.48. The third-order valence-electron chi connectivity index (χ3n) is 3.32. The van der Waals surface area contributed by atoms with E-state index in [2.05, 4.69) is 15.5 Å². The van der Waals surface area contributed by atoms with Gasteiger partial charge in [0.25, 0.3) is 0 Å². The number of hydrogen-bond donors (Lipinski definition) is 2. The Kier molecular flexibility index (Phi) is 4.22. The van der Waals surface area contributed by atoms with Gasteiger partial charge in [-0.2, -0.15) is 0 Å². The van der Waals surface area contributed by atoms with Gasteiger partial charge in [-0.15, -0.1) is 0 Å². The van der Waals surface area contributed by atoms with Gasteiger partial charge >= 0.3 is 0 Å². The summed E-state index contributed by atoms with van der Waals surface area (Å²) < 4.78 is 0. The van der Waals surface area contributed by atoms with Gasteiger partial charge in [-0.05, 0) is 38.9 Å². The summed E-state index contributed by atoms with van der Waals surface area (Å²) >= 11 is 0. The van der Waals surface area contributed by atoms with E-state index in [0.29, 0.717) is 0 Å². The van der Waals surface area contributed by atoms with Crippen molar-refractivity contribution in [2.75, 3.05) is 39.3 Å². The second kappa shape index (κ2) is 5.69. The number of nitrogens with zero attached hydrogens (tertiary/aromatic N) is 1. The van der Waals surface area contributed by atoms with Crippen molar-refractivity contribution in [3.63, 3.8) is 0 Å². The summed E-state index contributed by atoms with van der Waals surface area (Å²) in [5.41, 5.74) is 0. The molecule has 2 aliphatic rings. The molecule has 0 aromatic rings. The smallest absolute Gasteiger partial charge is 0.0195 e. The van der Waals surface area contributed by atoms with Crippen LogP contribution in [0.15, 0.2) is 0 Å². The van der Waals surface area contributed by atoms with E-state index in [1.165, 1.54) is 65.0 Å². The lowest BCUT2D eigenvalue weighted by atomic mass is 10.0. The van der Waals surface area contributed by atoms with Crippen molar-refractivity contribution >= 4 is 0 Å². The topological polar surface area (TPSA) is 27.3 Å². The zero-order valence-corrected chi connectivity index (χ0v) is 9.10. The van der Waals surface area contributed by atoms with Crippen LogP contribution in [0.3, 0.4) is 0 Å². The molecule has 0 amide bonds. The molecular formula is C11H23N3. The highest BCUT2D eigenvalue weighted by molar-refractivity contribution is 4.77. The van der Waals surface area contributed by atoms with Crippen LogP contribution in [0, 0.1) is 0 Å². The van der Waals surface area contributed by atoms with E-state index < -0.39 is 0 Å². The predicted octanol–water partition coefficient (Wildman–Crippen LogP) is 0.424. The van der Waals surface area contributed by atoms with Crippen LogP contribution in [0.4, 0.5) is 0 Å². The van der Waals surface area contributed by atoms with Crippen molar-refractivity contribution in [2.24, 2.45) is 0 Å². The highest BCUT2D eigenvalue weighted by Gasteiger charge is 2.16. The van der Waals surface area contributed by atoms with E-state index in [4.69, 9.17) is 0 Å². The van der Waals surface area contributed by atoms with E-state index in [-0.39, 0.29) is 0 Å². The fourth-order valence-corrected chi connectivity index (χ4v) is 2.48. The molecule has 0 saturated carbocycles. The zero-order chi connectivity index (χ0) is 9.64. The lowest BCUT2D eigenvalue weighted by Gasteiger charge is -2.29. The van der Waals surface area contributed by atoms with Crippen molar-refractivity contribution in [3.8, 4) is 0 Å². The predicted molar refractivity (Wildman–Crippen MR) is 59.6 cm³/mol. The Morgan fingerprint density at radius 1 is 1.00 bits per heavy atom. The Balaban J connectivity index is 1.71. The lowest BCUT2D eigenvalue weighted by Crippen LogP contribution is -2.44. The van der Waals surface area contributed by atoms with E-state index >= 15 is 0 Å². The van der Waals surface area contributed by atoms with E-state index in [9.17, 15) is 0 Å². The van der Waals surface area contributed by atoms with Crippen LogP contribution in [0.25, 0.3) is 0 Å². The van der Waals surface area contributed by atoms with Crippen molar-refractivity contribution in [3.05, 3.63) is 0 Å². The van der Waals surface area contributed by atoms with Gasteiger partial charge in [0.1, 0.15) is 0 Å². The summed E-state index contributed by atoms with van der Waals surface area (Å²) in [6, 6.07) is 0.766. The summed E-state index contributed by atoms with van der Waals surface area (Å²) in [4.78, 5) is 2.61. The molecule has 2 aliphatic heterocycles. The minimum absolute atomic E-state index is 0.766. The summed E-state index contributed by atoms with van der Waals surface area (Å²) in [6.07, 6.45) is 5.48. The van der Waals surface area contributed by atoms with Crippen molar-refractivity contribution in [2.45, 2.75) is 31.7 Å². The molecule has 0 aromatic heterocycles. The van der Waals surface area contributed by atoms with Crippen LogP contribution in [0.5, 0.6) is 0 Å². The lowest BCUT2D eigenvalue weighted by molar-refractivity contribution is 0.236. The zero-order valence-electron chi connectivity index (χ0n) is 9.10. The molecule has 2 fully saturated rings. The van der Waals surface area contributed by atoms with E-state index in [1.807, 2.05) is 0 Å². The minimum Gasteiger partial charge on any atom is -0.315 e. The van der Waals surface area contributed by atoms with Gasteiger partial charge in [0.15, 0.2) is 0 Å². The van der Waals surface area contributed by atoms with E-state index in [1.54, 1.807) is 0 Å². The van der Waals surface area contributed by atoms with Crippen molar-refractivity contribution < 1.29 is 0 Å². The molecule has 0 spiro atoms. The summed E-state index contributed by atoms with van der Waals surface area (Å²) in [5, 5.41) is 7.08. The standard InChI is InChI=1S/C11H23N3/c1-2-6-13-11(4-1)10-14-8-3-5-12-7-9-14/h11-13H,1-10H2. The maximum atomic E-state index is 3.62. The van der Waals surface area contributed by atoms with Crippen LogP contribution in [-0.2, 0) is 0 Å². The van der Waals surface area contributed by atoms with Crippen LogP contribution in [0.1, 0.15) is 25.7 Å². The SMILES string of the molecule is C1CCC(CN2CCCNCC2)NC1. The molecule has 3 nitrogen and oxygen atoms in total. The fourth-order valence-electron chi connectivity index (χ4n) is 2.48. The molecule has 3 heteroatoms. The summed E-state index contributed by atoms with van der Waals surface area (Å²) in [6.45, 7) is 7.39. The first kappa shape index (κ1) is 10.4. The Hall–Kier alpha value is -0.120. The van der Waals surface area contributed by atoms with Crippen molar-refractivity contribution in [1.29, 1.82) is 0 Å². The van der Waals surface area contributed by atoms with Gasteiger partial charge in [0.05, 0.1) is 0 Å². The number of nitrogens with one attached hydrogen (secondary N) is 2. The molecule has 2 N–H and O–H groups in total. The normalized spacial score (nSPS) is 31.3. The fraction of sp³-hybridized carbons (Fsp3) is 1.00. The molecule has 0 aromatic carbocycles. The molecule has 2 rings (SSSR count). The Morgan fingerprint density at radius 3 is 2.86 bits per heavy atom. The van der Waals surface area contributed by atoms with Gasteiger partial charge in [0, 0.05) is 25.7 Å². The Bertz CT molecular complexity index is 147. The summed E-state index contributed by atoms with van der Waals surface area (Å²) in [7, 11) is 0. The van der Waals surface area contributed by atoms with Gasteiger partial charge in [0.2, 0.25) is 0 Å². The Labute approximate surface area is 87.2 Å². The third-order valence-corrected chi connectivity index (χ3v) is 3.32. The first-order valence-corrected chi connectivity index (χ1v) is 6.11. The van der Waals surface area contributed by atoms with Crippen LogP contribution in [0.2, 0.25) is 0 Å². The van der Waals surface area contributed by atoms with Gasteiger partial charge < -0.3 is 15.5 Å². The molecule has 82 valence electrons. The highest BCUT2D eigenvalue weighted by atomic mass is 15.2. The Morgan fingerprint density at radius 2 is 2.00 bits per heavy atom. The molecule has 2 saturated heterocycles. The molecule has 1 unspecified atom stereocenters. The third kappa shape index (κ3) is 3.23. The quantitative estimate of drug-likeness (QED) is 0.672. The number of rotatable bonds is 2. The molecule has 0 radical (unpaired) electrons. The van der Waals surface area contributed by atoms with Crippen LogP contribution >= 0.6 is 0 Å². The number of piperidine rings is 1.